The van der Waals surface area contributed by atoms with Crippen molar-refractivity contribution in [1.29, 1.82) is 0 Å². The van der Waals surface area contributed by atoms with Crippen LogP contribution in [0.5, 0.6) is 0 Å². The molecule has 0 aromatic rings. The Morgan fingerprint density at radius 2 is 1.75 bits per heavy atom. The van der Waals surface area contributed by atoms with Crippen molar-refractivity contribution in [2.24, 2.45) is 5.92 Å². The molecule has 2 heterocycles. The van der Waals surface area contributed by atoms with E-state index in [1.165, 1.54) is 6.42 Å². The van der Waals surface area contributed by atoms with Crippen molar-refractivity contribution in [2.75, 3.05) is 32.8 Å². The molecule has 3 fully saturated rings. The number of aliphatic hydroxyl groups excluding tert-OH is 1. The number of aliphatic hydroxyl groups is 1. The van der Waals surface area contributed by atoms with Gasteiger partial charge in [-0.3, -0.25) is 0 Å². The predicted octanol–water partition coefficient (Wildman–Crippen LogP) is 1.45. The fourth-order valence-corrected chi connectivity index (χ4v) is 4.00. The highest BCUT2D eigenvalue weighted by atomic mass is 16.5. The van der Waals surface area contributed by atoms with Crippen LogP contribution in [0.15, 0.2) is 0 Å². The molecule has 3 unspecified atom stereocenters. The average molecular weight is 282 g/mol. The molecule has 5 heteroatoms. The summed E-state index contributed by atoms with van der Waals surface area (Å²) in [7, 11) is 0. The number of urea groups is 1. The molecule has 0 aromatic heterocycles. The Hall–Kier alpha value is -0.810. The van der Waals surface area contributed by atoms with Crippen molar-refractivity contribution in [3.8, 4) is 0 Å². The van der Waals surface area contributed by atoms with E-state index in [4.69, 9.17) is 4.74 Å². The maximum absolute atomic E-state index is 12.7. The Bertz CT molecular complexity index is 344. The highest BCUT2D eigenvalue weighted by molar-refractivity contribution is 5.75. The first-order valence-corrected chi connectivity index (χ1v) is 8.09. The number of nitrogens with zero attached hydrogens (tertiary/aromatic N) is 2. The van der Waals surface area contributed by atoms with Crippen molar-refractivity contribution in [2.45, 2.75) is 50.7 Å². The molecule has 114 valence electrons. The van der Waals surface area contributed by atoms with Gasteiger partial charge in [0.05, 0.1) is 19.3 Å². The molecule has 0 spiro atoms. The molecule has 1 aliphatic carbocycles. The van der Waals surface area contributed by atoms with Crippen molar-refractivity contribution in [3.05, 3.63) is 0 Å². The molecule has 3 rings (SSSR count). The number of carbonyl (C=O) groups is 1. The minimum atomic E-state index is -0.216. The van der Waals surface area contributed by atoms with Gasteiger partial charge in [-0.15, -0.1) is 0 Å². The van der Waals surface area contributed by atoms with E-state index in [-0.39, 0.29) is 24.1 Å². The standard InChI is InChI=1S/C15H26N2O3/c18-14-6-2-1-4-12(14)13-5-3-7-17(13)15(19)16-8-10-20-11-9-16/h12-14,18H,1-11H2. The van der Waals surface area contributed by atoms with E-state index >= 15 is 0 Å². The molecule has 3 atom stereocenters. The summed E-state index contributed by atoms with van der Waals surface area (Å²) in [5, 5.41) is 10.3. The number of hydrogen-bond donors (Lipinski definition) is 1. The molecule has 20 heavy (non-hydrogen) atoms. The van der Waals surface area contributed by atoms with Gasteiger partial charge in [0.2, 0.25) is 0 Å². The van der Waals surface area contributed by atoms with Gasteiger partial charge < -0.3 is 19.6 Å². The molecule has 0 bridgehead atoms. The maximum Gasteiger partial charge on any atom is 0.320 e. The quantitative estimate of drug-likeness (QED) is 0.792. The third-order valence-electron chi connectivity index (χ3n) is 5.10. The van der Waals surface area contributed by atoms with Gasteiger partial charge in [-0.05, 0) is 25.7 Å². The minimum Gasteiger partial charge on any atom is -0.393 e. The van der Waals surface area contributed by atoms with Crippen molar-refractivity contribution >= 4 is 6.03 Å². The number of amides is 2. The maximum atomic E-state index is 12.7. The van der Waals surface area contributed by atoms with Gasteiger partial charge in [0.1, 0.15) is 0 Å². The second-order valence-corrected chi connectivity index (χ2v) is 6.30. The molecule has 1 saturated carbocycles. The molecule has 0 aromatic carbocycles. The molecule has 2 aliphatic heterocycles. The lowest BCUT2D eigenvalue weighted by Crippen LogP contribution is -2.52. The summed E-state index contributed by atoms with van der Waals surface area (Å²) in [6.07, 6.45) is 6.20. The SMILES string of the molecule is O=C(N1CCOCC1)N1CCCC1C1CCCCC1O. The fourth-order valence-electron chi connectivity index (χ4n) is 4.00. The Morgan fingerprint density at radius 1 is 1.00 bits per heavy atom. The number of rotatable bonds is 1. The Labute approximate surface area is 120 Å². The minimum absolute atomic E-state index is 0.161. The lowest BCUT2D eigenvalue weighted by Gasteiger charge is -2.39. The van der Waals surface area contributed by atoms with Crippen molar-refractivity contribution in [1.82, 2.24) is 9.80 Å². The van der Waals surface area contributed by atoms with E-state index in [0.717, 1.165) is 38.6 Å². The summed E-state index contributed by atoms with van der Waals surface area (Å²) < 4.78 is 5.32. The molecular weight excluding hydrogens is 256 g/mol. The van der Waals surface area contributed by atoms with E-state index in [1.807, 2.05) is 9.80 Å². The van der Waals surface area contributed by atoms with Crippen LogP contribution in [0.2, 0.25) is 0 Å². The Morgan fingerprint density at radius 3 is 2.50 bits per heavy atom. The summed E-state index contributed by atoms with van der Waals surface area (Å²) >= 11 is 0. The van der Waals surface area contributed by atoms with Crippen LogP contribution >= 0.6 is 0 Å². The number of morpholine rings is 1. The summed E-state index contributed by atoms with van der Waals surface area (Å²) in [6, 6.07) is 0.411. The summed E-state index contributed by atoms with van der Waals surface area (Å²) in [6.45, 7) is 3.56. The van der Waals surface area contributed by atoms with Gasteiger partial charge >= 0.3 is 6.03 Å². The summed E-state index contributed by atoms with van der Waals surface area (Å²) in [4.78, 5) is 16.6. The van der Waals surface area contributed by atoms with Crippen LogP contribution in [0.3, 0.4) is 0 Å². The van der Waals surface area contributed by atoms with E-state index in [0.29, 0.717) is 26.3 Å². The zero-order valence-electron chi connectivity index (χ0n) is 12.2. The van der Waals surface area contributed by atoms with Crippen LogP contribution in [-0.2, 0) is 4.74 Å². The smallest absolute Gasteiger partial charge is 0.320 e. The number of carbonyl (C=O) groups excluding carboxylic acids is 1. The monoisotopic (exact) mass is 282 g/mol. The van der Waals surface area contributed by atoms with Crippen LogP contribution in [0, 0.1) is 5.92 Å². The number of likely N-dealkylation sites (tertiary alicyclic amines) is 1. The molecule has 2 amide bonds. The lowest BCUT2D eigenvalue weighted by atomic mass is 9.80. The predicted molar refractivity (Wildman–Crippen MR) is 75.5 cm³/mol. The number of hydrogen-bond acceptors (Lipinski definition) is 3. The highest BCUT2D eigenvalue weighted by Crippen LogP contribution is 2.35. The van der Waals surface area contributed by atoms with Crippen LogP contribution in [0.1, 0.15) is 38.5 Å². The zero-order chi connectivity index (χ0) is 13.9. The van der Waals surface area contributed by atoms with Gasteiger partial charge in [0.25, 0.3) is 0 Å². The normalized spacial score (nSPS) is 35.4. The van der Waals surface area contributed by atoms with Crippen molar-refractivity contribution in [3.63, 3.8) is 0 Å². The Kier molecular flexibility index (Phi) is 4.46. The zero-order valence-corrected chi connectivity index (χ0v) is 12.2. The third kappa shape index (κ3) is 2.79. The van der Waals surface area contributed by atoms with Crippen LogP contribution < -0.4 is 0 Å². The van der Waals surface area contributed by atoms with Gasteiger partial charge in [-0.2, -0.15) is 0 Å². The van der Waals surface area contributed by atoms with Gasteiger partial charge in [-0.25, -0.2) is 4.79 Å². The molecule has 2 saturated heterocycles. The fraction of sp³-hybridized carbons (Fsp3) is 0.933. The van der Waals surface area contributed by atoms with Crippen LogP contribution in [-0.4, -0.2) is 65.9 Å². The molecule has 5 nitrogen and oxygen atoms in total. The molecule has 3 aliphatic rings. The molecular formula is C15H26N2O3. The summed E-state index contributed by atoms with van der Waals surface area (Å²) in [5.41, 5.74) is 0. The Balaban J connectivity index is 1.66. The molecule has 1 N–H and O–H groups in total. The first-order valence-electron chi connectivity index (χ1n) is 8.09. The van der Waals surface area contributed by atoms with Crippen molar-refractivity contribution < 1.29 is 14.6 Å². The molecule has 0 radical (unpaired) electrons. The van der Waals surface area contributed by atoms with Crippen LogP contribution in [0.25, 0.3) is 0 Å². The third-order valence-corrected chi connectivity index (χ3v) is 5.10. The summed E-state index contributed by atoms with van der Waals surface area (Å²) in [5.74, 6) is 0.288. The highest BCUT2D eigenvalue weighted by Gasteiger charge is 2.40. The van der Waals surface area contributed by atoms with Crippen LogP contribution in [0.4, 0.5) is 4.79 Å². The topological polar surface area (TPSA) is 53.0 Å². The van der Waals surface area contributed by atoms with E-state index < -0.39 is 0 Å². The van der Waals surface area contributed by atoms with Gasteiger partial charge in [0.15, 0.2) is 0 Å². The second-order valence-electron chi connectivity index (χ2n) is 6.30. The van der Waals surface area contributed by atoms with E-state index in [1.54, 1.807) is 0 Å². The first kappa shape index (κ1) is 14.1. The van der Waals surface area contributed by atoms with Gasteiger partial charge in [-0.1, -0.05) is 12.8 Å². The second kappa shape index (κ2) is 6.31. The van der Waals surface area contributed by atoms with Gasteiger partial charge in [0, 0.05) is 31.6 Å². The lowest BCUT2D eigenvalue weighted by molar-refractivity contribution is 0.0144. The van der Waals surface area contributed by atoms with E-state index in [2.05, 4.69) is 0 Å². The first-order chi connectivity index (χ1) is 9.77. The average Bonchev–Trinajstić information content (AvgIpc) is 2.97. The number of ether oxygens (including phenoxy) is 1. The largest absolute Gasteiger partial charge is 0.393 e. The van der Waals surface area contributed by atoms with E-state index in [9.17, 15) is 9.90 Å².